The Morgan fingerprint density at radius 1 is 1.07 bits per heavy atom. The Labute approximate surface area is 160 Å². The average molecular weight is 388 g/mol. The number of benzene rings is 2. The Balaban J connectivity index is 1.50. The molecule has 6 nitrogen and oxygen atoms in total. The lowest BCUT2D eigenvalue weighted by atomic mass is 9.97. The van der Waals surface area contributed by atoms with Crippen LogP contribution in [0.2, 0.25) is 0 Å². The molecule has 0 bridgehead atoms. The first-order chi connectivity index (χ1) is 13.0. The van der Waals surface area contributed by atoms with Gasteiger partial charge in [0.15, 0.2) is 0 Å². The zero-order valence-corrected chi connectivity index (χ0v) is 15.9. The van der Waals surface area contributed by atoms with Gasteiger partial charge in [-0.25, -0.2) is 0 Å². The SMILES string of the molecule is O=C(Nc1ccccc1)C1CCCN(CCS(=O)(=O)Oc2ccccc2)C1. The molecule has 144 valence electrons. The molecule has 0 aromatic heterocycles. The van der Waals surface area contributed by atoms with E-state index in [1.165, 1.54) is 0 Å². The summed E-state index contributed by atoms with van der Waals surface area (Å²) in [6, 6.07) is 17.8. The summed E-state index contributed by atoms with van der Waals surface area (Å²) in [5.41, 5.74) is 0.776. The van der Waals surface area contributed by atoms with Gasteiger partial charge in [-0.05, 0) is 43.7 Å². The van der Waals surface area contributed by atoms with Crippen LogP contribution in [-0.2, 0) is 14.9 Å². The molecule has 1 atom stereocenters. The Morgan fingerprint density at radius 3 is 2.44 bits per heavy atom. The molecule has 1 aliphatic heterocycles. The number of nitrogens with zero attached hydrogens (tertiary/aromatic N) is 1. The molecule has 1 heterocycles. The standard InChI is InChI=1S/C20H24N2O4S/c23-20(21-18-9-3-1-4-10-18)17-8-7-13-22(16-17)14-15-27(24,25)26-19-11-5-2-6-12-19/h1-6,9-12,17H,7-8,13-16H2,(H,21,23). The molecule has 1 amide bonds. The molecule has 1 fully saturated rings. The lowest BCUT2D eigenvalue weighted by molar-refractivity contribution is -0.121. The van der Waals surface area contributed by atoms with Crippen LogP contribution >= 0.6 is 0 Å². The van der Waals surface area contributed by atoms with Gasteiger partial charge in [0, 0.05) is 18.8 Å². The van der Waals surface area contributed by atoms with Crippen molar-refractivity contribution in [2.45, 2.75) is 12.8 Å². The Hall–Kier alpha value is -2.38. The number of carbonyl (C=O) groups excluding carboxylic acids is 1. The first-order valence-corrected chi connectivity index (χ1v) is 10.6. The minimum absolute atomic E-state index is 0.0192. The number of amides is 1. The summed E-state index contributed by atoms with van der Waals surface area (Å²) < 4.78 is 29.5. The van der Waals surface area contributed by atoms with Crippen LogP contribution in [0.1, 0.15) is 12.8 Å². The zero-order chi connectivity index (χ0) is 19.1. The molecule has 0 saturated carbocycles. The second-order valence-electron chi connectivity index (χ2n) is 6.65. The van der Waals surface area contributed by atoms with E-state index in [4.69, 9.17) is 4.18 Å². The Bertz CT molecular complexity index is 841. The summed E-state index contributed by atoms with van der Waals surface area (Å²) in [6.45, 7) is 1.69. The fourth-order valence-corrected chi connectivity index (χ4v) is 4.11. The molecule has 0 radical (unpaired) electrons. The molecule has 0 aliphatic carbocycles. The lowest BCUT2D eigenvalue weighted by Gasteiger charge is -2.31. The number of anilines is 1. The minimum Gasteiger partial charge on any atom is -0.382 e. The highest BCUT2D eigenvalue weighted by Crippen LogP contribution is 2.19. The van der Waals surface area contributed by atoms with Crippen molar-refractivity contribution < 1.29 is 17.4 Å². The maximum Gasteiger partial charge on any atom is 0.310 e. The van der Waals surface area contributed by atoms with E-state index in [2.05, 4.69) is 5.32 Å². The molecule has 27 heavy (non-hydrogen) atoms. The first-order valence-electron chi connectivity index (χ1n) is 9.07. The van der Waals surface area contributed by atoms with Gasteiger partial charge in [-0.15, -0.1) is 0 Å². The van der Waals surface area contributed by atoms with Crippen molar-refractivity contribution in [2.24, 2.45) is 5.92 Å². The molecule has 1 unspecified atom stereocenters. The molecule has 2 aromatic rings. The van der Waals surface area contributed by atoms with Gasteiger partial charge in [-0.3, -0.25) is 4.79 Å². The van der Waals surface area contributed by atoms with Gasteiger partial charge in [0.2, 0.25) is 5.91 Å². The summed E-state index contributed by atoms with van der Waals surface area (Å²) in [5, 5.41) is 2.93. The van der Waals surface area contributed by atoms with E-state index in [9.17, 15) is 13.2 Å². The maximum absolute atomic E-state index is 12.5. The number of carbonyl (C=O) groups is 1. The van der Waals surface area contributed by atoms with E-state index in [0.717, 1.165) is 25.1 Å². The number of hydrogen-bond donors (Lipinski definition) is 1. The highest BCUT2D eigenvalue weighted by molar-refractivity contribution is 7.87. The molecule has 3 rings (SSSR count). The van der Waals surface area contributed by atoms with Crippen molar-refractivity contribution >= 4 is 21.7 Å². The lowest BCUT2D eigenvalue weighted by Crippen LogP contribution is -2.42. The van der Waals surface area contributed by atoms with E-state index in [1.54, 1.807) is 30.3 Å². The summed E-state index contributed by atoms with van der Waals surface area (Å²) in [7, 11) is -3.66. The van der Waals surface area contributed by atoms with Crippen LogP contribution in [0.25, 0.3) is 0 Å². The fraction of sp³-hybridized carbons (Fsp3) is 0.350. The number of hydrogen-bond acceptors (Lipinski definition) is 5. The van der Waals surface area contributed by atoms with E-state index in [1.807, 2.05) is 35.2 Å². The number of piperidine rings is 1. The molecule has 1 N–H and O–H groups in total. The van der Waals surface area contributed by atoms with Crippen LogP contribution in [0.3, 0.4) is 0 Å². The van der Waals surface area contributed by atoms with Crippen molar-refractivity contribution in [3.05, 3.63) is 60.7 Å². The van der Waals surface area contributed by atoms with E-state index in [0.29, 0.717) is 18.8 Å². The topological polar surface area (TPSA) is 75.7 Å². The number of rotatable bonds is 7. The highest BCUT2D eigenvalue weighted by Gasteiger charge is 2.27. The maximum atomic E-state index is 12.5. The molecule has 7 heteroatoms. The van der Waals surface area contributed by atoms with E-state index in [-0.39, 0.29) is 17.6 Å². The van der Waals surface area contributed by atoms with E-state index >= 15 is 0 Å². The highest BCUT2D eigenvalue weighted by atomic mass is 32.2. The van der Waals surface area contributed by atoms with Crippen LogP contribution in [0.15, 0.2) is 60.7 Å². The van der Waals surface area contributed by atoms with Gasteiger partial charge in [0.1, 0.15) is 5.75 Å². The predicted molar refractivity (Wildman–Crippen MR) is 105 cm³/mol. The quantitative estimate of drug-likeness (QED) is 0.738. The van der Waals surface area contributed by atoms with Crippen LogP contribution in [0.5, 0.6) is 5.75 Å². The van der Waals surface area contributed by atoms with Gasteiger partial charge in [0.25, 0.3) is 0 Å². The van der Waals surface area contributed by atoms with Crippen molar-refractivity contribution in [3.8, 4) is 5.75 Å². The third kappa shape index (κ3) is 6.08. The summed E-state index contributed by atoms with van der Waals surface area (Å²) in [5.74, 6) is 0.0526. The molecule has 1 saturated heterocycles. The molecular weight excluding hydrogens is 364 g/mol. The summed E-state index contributed by atoms with van der Waals surface area (Å²) in [4.78, 5) is 14.5. The molecule has 0 spiro atoms. The minimum atomic E-state index is -3.66. The van der Waals surface area contributed by atoms with E-state index < -0.39 is 10.1 Å². The molecule has 2 aromatic carbocycles. The second kappa shape index (κ2) is 9.01. The smallest absolute Gasteiger partial charge is 0.310 e. The largest absolute Gasteiger partial charge is 0.382 e. The van der Waals surface area contributed by atoms with Crippen LogP contribution in [-0.4, -0.2) is 44.6 Å². The van der Waals surface area contributed by atoms with Gasteiger partial charge in [0.05, 0.1) is 11.7 Å². The predicted octanol–water partition coefficient (Wildman–Crippen LogP) is 2.75. The fourth-order valence-electron chi connectivity index (χ4n) is 3.14. The van der Waals surface area contributed by atoms with Gasteiger partial charge >= 0.3 is 10.1 Å². The van der Waals surface area contributed by atoms with Gasteiger partial charge in [-0.2, -0.15) is 8.42 Å². The molecule has 1 aliphatic rings. The first kappa shape index (κ1) is 19.4. The summed E-state index contributed by atoms with van der Waals surface area (Å²) >= 11 is 0. The number of nitrogens with one attached hydrogen (secondary N) is 1. The monoisotopic (exact) mass is 388 g/mol. The van der Waals surface area contributed by atoms with Crippen molar-refractivity contribution in [1.82, 2.24) is 4.90 Å². The normalized spacial score (nSPS) is 18.0. The second-order valence-corrected chi connectivity index (χ2v) is 8.34. The van der Waals surface area contributed by atoms with Crippen molar-refractivity contribution in [3.63, 3.8) is 0 Å². The third-order valence-electron chi connectivity index (χ3n) is 4.54. The molecular formula is C20H24N2O4S. The van der Waals surface area contributed by atoms with Gasteiger partial charge < -0.3 is 14.4 Å². The average Bonchev–Trinajstić information content (AvgIpc) is 2.68. The van der Waals surface area contributed by atoms with Crippen LogP contribution in [0.4, 0.5) is 5.69 Å². The van der Waals surface area contributed by atoms with Crippen LogP contribution in [0, 0.1) is 5.92 Å². The van der Waals surface area contributed by atoms with Crippen molar-refractivity contribution in [2.75, 3.05) is 30.7 Å². The van der Waals surface area contributed by atoms with Crippen LogP contribution < -0.4 is 9.50 Å². The number of para-hydroxylation sites is 2. The third-order valence-corrected chi connectivity index (χ3v) is 5.67. The van der Waals surface area contributed by atoms with Gasteiger partial charge in [-0.1, -0.05) is 36.4 Å². The Morgan fingerprint density at radius 2 is 1.74 bits per heavy atom. The number of likely N-dealkylation sites (tertiary alicyclic amines) is 1. The summed E-state index contributed by atoms with van der Waals surface area (Å²) in [6.07, 6.45) is 1.68. The van der Waals surface area contributed by atoms with Crippen molar-refractivity contribution in [1.29, 1.82) is 0 Å². The zero-order valence-electron chi connectivity index (χ0n) is 15.1. The Kier molecular flexibility index (Phi) is 6.47.